The van der Waals surface area contributed by atoms with E-state index in [0.717, 1.165) is 16.8 Å². The number of amides is 1. The number of aromatic amines is 1. The minimum absolute atomic E-state index is 0.279. The van der Waals surface area contributed by atoms with Gasteiger partial charge in [0.25, 0.3) is 0 Å². The lowest BCUT2D eigenvalue weighted by Gasteiger charge is -2.02. The minimum Gasteiger partial charge on any atom is -0.464 e. The first-order chi connectivity index (χ1) is 13.1. The quantitative estimate of drug-likeness (QED) is 0.522. The third kappa shape index (κ3) is 4.15. The maximum atomic E-state index is 12.2. The molecule has 0 saturated carbocycles. The standard InChI is InChI=1S/C22H20N2O3/c1-15-18(13-14-19(25)23-17-11-7-4-8-12-17)21(22(26)27-2)24-20(15)16-9-5-3-6-10-16/h3-14,24H,1-2H3,(H,23,25)/b14-13+. The van der Waals surface area contributed by atoms with E-state index in [0.29, 0.717) is 16.9 Å². The second-order valence-corrected chi connectivity index (χ2v) is 5.96. The van der Waals surface area contributed by atoms with Gasteiger partial charge >= 0.3 is 5.97 Å². The number of hydrogen-bond acceptors (Lipinski definition) is 3. The maximum absolute atomic E-state index is 12.2. The van der Waals surface area contributed by atoms with Crippen LogP contribution in [0.4, 0.5) is 5.69 Å². The Kier molecular flexibility index (Phi) is 5.52. The van der Waals surface area contributed by atoms with Crippen LogP contribution in [0.2, 0.25) is 0 Å². The van der Waals surface area contributed by atoms with Gasteiger partial charge in [-0.2, -0.15) is 0 Å². The fraction of sp³-hybridized carbons (Fsp3) is 0.0909. The van der Waals surface area contributed by atoms with Crippen LogP contribution in [0.25, 0.3) is 17.3 Å². The molecule has 5 heteroatoms. The summed E-state index contributed by atoms with van der Waals surface area (Å²) in [6, 6.07) is 18.9. The zero-order chi connectivity index (χ0) is 19.2. The molecular formula is C22H20N2O3. The Balaban J connectivity index is 1.92. The van der Waals surface area contributed by atoms with E-state index in [9.17, 15) is 9.59 Å². The smallest absolute Gasteiger partial charge is 0.355 e. The molecule has 3 rings (SSSR count). The Labute approximate surface area is 157 Å². The van der Waals surface area contributed by atoms with E-state index in [1.807, 2.05) is 55.5 Å². The van der Waals surface area contributed by atoms with E-state index < -0.39 is 5.97 Å². The molecule has 0 bridgehead atoms. The summed E-state index contributed by atoms with van der Waals surface area (Å²) in [4.78, 5) is 27.5. The molecule has 0 aliphatic carbocycles. The molecule has 1 heterocycles. The Morgan fingerprint density at radius 3 is 2.26 bits per heavy atom. The number of H-pyrrole nitrogens is 1. The summed E-state index contributed by atoms with van der Waals surface area (Å²) in [5.41, 5.74) is 4.29. The highest BCUT2D eigenvalue weighted by atomic mass is 16.5. The van der Waals surface area contributed by atoms with Gasteiger partial charge in [0, 0.05) is 23.0 Å². The molecule has 1 amide bonds. The van der Waals surface area contributed by atoms with Gasteiger partial charge in [-0.3, -0.25) is 4.79 Å². The highest BCUT2D eigenvalue weighted by Crippen LogP contribution is 2.29. The van der Waals surface area contributed by atoms with Crippen molar-refractivity contribution in [3.8, 4) is 11.3 Å². The van der Waals surface area contributed by atoms with Crippen LogP contribution >= 0.6 is 0 Å². The van der Waals surface area contributed by atoms with E-state index in [-0.39, 0.29) is 5.91 Å². The summed E-state index contributed by atoms with van der Waals surface area (Å²) in [6.07, 6.45) is 3.03. The second-order valence-electron chi connectivity index (χ2n) is 5.96. The summed E-state index contributed by atoms with van der Waals surface area (Å²) < 4.78 is 4.88. The van der Waals surface area contributed by atoms with Gasteiger partial charge < -0.3 is 15.0 Å². The molecule has 3 aromatic rings. The fourth-order valence-corrected chi connectivity index (χ4v) is 2.84. The number of anilines is 1. The van der Waals surface area contributed by atoms with Crippen LogP contribution in [-0.2, 0) is 9.53 Å². The summed E-state index contributed by atoms with van der Waals surface area (Å²) in [6.45, 7) is 1.90. The average molecular weight is 360 g/mol. The third-order valence-electron chi connectivity index (χ3n) is 4.19. The van der Waals surface area contributed by atoms with E-state index in [1.165, 1.54) is 13.2 Å². The Bertz CT molecular complexity index is 974. The van der Waals surface area contributed by atoms with Gasteiger partial charge in [-0.15, -0.1) is 0 Å². The number of methoxy groups -OCH3 is 1. The van der Waals surface area contributed by atoms with Crippen molar-refractivity contribution in [2.75, 3.05) is 12.4 Å². The van der Waals surface area contributed by atoms with Crippen LogP contribution in [0.1, 0.15) is 21.6 Å². The molecule has 2 N–H and O–H groups in total. The Morgan fingerprint density at radius 1 is 1.00 bits per heavy atom. The minimum atomic E-state index is -0.483. The number of ether oxygens (including phenoxy) is 1. The van der Waals surface area contributed by atoms with Crippen molar-refractivity contribution >= 4 is 23.6 Å². The number of para-hydroxylation sites is 1. The van der Waals surface area contributed by atoms with Crippen molar-refractivity contribution in [3.05, 3.63) is 83.6 Å². The Hall–Kier alpha value is -3.60. The zero-order valence-corrected chi connectivity index (χ0v) is 15.2. The molecule has 136 valence electrons. The van der Waals surface area contributed by atoms with Gasteiger partial charge in [-0.1, -0.05) is 48.5 Å². The number of aromatic nitrogens is 1. The van der Waals surface area contributed by atoms with Crippen LogP contribution in [-0.4, -0.2) is 24.0 Å². The van der Waals surface area contributed by atoms with E-state index in [2.05, 4.69) is 10.3 Å². The SMILES string of the molecule is COC(=O)c1[nH]c(-c2ccccc2)c(C)c1/C=C/C(=O)Nc1ccccc1. The number of carbonyl (C=O) groups excluding carboxylic acids is 2. The van der Waals surface area contributed by atoms with Gasteiger partial charge in [0.15, 0.2) is 0 Å². The van der Waals surface area contributed by atoms with Crippen molar-refractivity contribution < 1.29 is 14.3 Å². The summed E-state index contributed by atoms with van der Waals surface area (Å²) in [5, 5.41) is 2.78. The molecule has 0 atom stereocenters. The summed E-state index contributed by atoms with van der Waals surface area (Å²) in [5.74, 6) is -0.762. The van der Waals surface area contributed by atoms with Gasteiger partial charge in [0.1, 0.15) is 5.69 Å². The summed E-state index contributed by atoms with van der Waals surface area (Å²) >= 11 is 0. The molecular weight excluding hydrogens is 340 g/mol. The van der Waals surface area contributed by atoms with Crippen molar-refractivity contribution in [1.82, 2.24) is 4.98 Å². The molecule has 0 aliphatic heterocycles. The molecule has 2 aromatic carbocycles. The summed E-state index contributed by atoms with van der Waals surface area (Å²) in [7, 11) is 1.33. The largest absolute Gasteiger partial charge is 0.464 e. The van der Waals surface area contributed by atoms with E-state index in [4.69, 9.17) is 4.74 Å². The molecule has 0 unspecified atom stereocenters. The number of nitrogens with one attached hydrogen (secondary N) is 2. The topological polar surface area (TPSA) is 71.2 Å². The molecule has 1 aromatic heterocycles. The average Bonchev–Trinajstić information content (AvgIpc) is 3.03. The van der Waals surface area contributed by atoms with Crippen LogP contribution in [0.15, 0.2) is 66.7 Å². The fourth-order valence-electron chi connectivity index (χ4n) is 2.84. The lowest BCUT2D eigenvalue weighted by Crippen LogP contribution is -2.08. The molecule has 0 saturated heterocycles. The molecule has 0 radical (unpaired) electrons. The van der Waals surface area contributed by atoms with Gasteiger partial charge in [0.05, 0.1) is 7.11 Å². The van der Waals surface area contributed by atoms with Crippen LogP contribution in [0.5, 0.6) is 0 Å². The lowest BCUT2D eigenvalue weighted by molar-refractivity contribution is -0.111. The monoisotopic (exact) mass is 360 g/mol. The molecule has 0 fully saturated rings. The predicted molar refractivity (Wildman–Crippen MR) is 106 cm³/mol. The van der Waals surface area contributed by atoms with Crippen molar-refractivity contribution in [3.63, 3.8) is 0 Å². The number of rotatable bonds is 5. The highest BCUT2D eigenvalue weighted by Gasteiger charge is 2.19. The third-order valence-corrected chi connectivity index (χ3v) is 4.19. The van der Waals surface area contributed by atoms with Gasteiger partial charge in [0.2, 0.25) is 5.91 Å². The number of carbonyl (C=O) groups is 2. The molecule has 0 spiro atoms. The Morgan fingerprint density at radius 2 is 1.63 bits per heavy atom. The van der Waals surface area contributed by atoms with E-state index in [1.54, 1.807) is 18.2 Å². The van der Waals surface area contributed by atoms with Crippen molar-refractivity contribution in [2.45, 2.75) is 6.92 Å². The highest BCUT2D eigenvalue weighted by molar-refractivity contribution is 6.03. The van der Waals surface area contributed by atoms with Crippen LogP contribution in [0.3, 0.4) is 0 Å². The molecule has 27 heavy (non-hydrogen) atoms. The van der Waals surface area contributed by atoms with Crippen LogP contribution < -0.4 is 5.32 Å². The van der Waals surface area contributed by atoms with Crippen molar-refractivity contribution in [1.29, 1.82) is 0 Å². The maximum Gasteiger partial charge on any atom is 0.355 e. The first-order valence-electron chi connectivity index (χ1n) is 8.50. The first kappa shape index (κ1) is 18.2. The number of esters is 1. The van der Waals surface area contributed by atoms with Gasteiger partial charge in [-0.25, -0.2) is 4.79 Å². The normalized spacial score (nSPS) is 10.7. The lowest BCUT2D eigenvalue weighted by atomic mass is 10.0. The molecule has 0 aliphatic rings. The second kappa shape index (κ2) is 8.19. The molecule has 5 nitrogen and oxygen atoms in total. The zero-order valence-electron chi connectivity index (χ0n) is 15.2. The van der Waals surface area contributed by atoms with Gasteiger partial charge in [-0.05, 0) is 36.3 Å². The predicted octanol–water partition coefficient (Wildman–Crippen LogP) is 4.43. The first-order valence-corrected chi connectivity index (χ1v) is 8.50. The van der Waals surface area contributed by atoms with Crippen molar-refractivity contribution in [2.24, 2.45) is 0 Å². The number of hydrogen-bond donors (Lipinski definition) is 2. The van der Waals surface area contributed by atoms with Crippen LogP contribution in [0, 0.1) is 6.92 Å². The van der Waals surface area contributed by atoms with E-state index >= 15 is 0 Å². The number of benzene rings is 2.